The van der Waals surface area contributed by atoms with Gasteiger partial charge in [0.2, 0.25) is 0 Å². The lowest BCUT2D eigenvalue weighted by Crippen LogP contribution is -2.72. The summed E-state index contributed by atoms with van der Waals surface area (Å²) >= 11 is 0. The van der Waals surface area contributed by atoms with Crippen molar-refractivity contribution in [1.82, 2.24) is 5.32 Å². The highest BCUT2D eigenvalue weighted by Gasteiger charge is 2.80. The summed E-state index contributed by atoms with van der Waals surface area (Å²) in [6.45, 7) is 2.90. The fourth-order valence-corrected chi connectivity index (χ4v) is 6.06. The first-order chi connectivity index (χ1) is 10.0. The minimum atomic E-state index is -0.653. The van der Waals surface area contributed by atoms with E-state index in [4.69, 9.17) is 9.47 Å². The topological polar surface area (TPSA) is 64.6 Å². The average molecular weight is 289 g/mol. The molecule has 0 aromatic rings. The molecule has 0 aromatic heterocycles. The first-order valence-corrected chi connectivity index (χ1v) is 7.90. The molecular formula is C16H19NO4. The van der Waals surface area contributed by atoms with Crippen molar-refractivity contribution in [3.63, 3.8) is 0 Å². The van der Waals surface area contributed by atoms with Crippen LogP contribution in [0.4, 0.5) is 0 Å². The molecule has 2 spiro atoms. The Morgan fingerprint density at radius 1 is 1.38 bits per heavy atom. The predicted octanol–water partition coefficient (Wildman–Crippen LogP) is 0.932. The van der Waals surface area contributed by atoms with E-state index in [1.165, 1.54) is 0 Å². The third-order valence-corrected chi connectivity index (χ3v) is 6.77. The maximum atomic E-state index is 12.6. The molecule has 2 saturated heterocycles. The average Bonchev–Trinajstić information content (AvgIpc) is 2.86. The highest BCUT2D eigenvalue weighted by Crippen LogP contribution is 2.69. The molecule has 1 N–H and O–H groups in total. The molecule has 6 unspecified atom stereocenters. The zero-order valence-corrected chi connectivity index (χ0v) is 12.1. The van der Waals surface area contributed by atoms with Gasteiger partial charge in [0.15, 0.2) is 5.60 Å². The molecule has 3 bridgehead atoms. The highest BCUT2D eigenvalue weighted by atomic mass is 16.6. The standard InChI is InChI=1S/C16H19NO4/c1-14-8-15-9(3-2-6-17-15)10(20-13(14)19)7-11(14)16(15)5-4-12(18)21-16/h4-5,9-11,17H,2-3,6-8H2,1H3. The van der Waals surface area contributed by atoms with Gasteiger partial charge in [-0.15, -0.1) is 0 Å². The van der Waals surface area contributed by atoms with E-state index in [1.54, 1.807) is 6.08 Å². The summed E-state index contributed by atoms with van der Waals surface area (Å²) in [6, 6.07) is 0. The van der Waals surface area contributed by atoms with Crippen LogP contribution in [0.3, 0.4) is 0 Å². The van der Waals surface area contributed by atoms with E-state index >= 15 is 0 Å². The number of carbonyl (C=O) groups excluding carboxylic acids is 2. The molecule has 3 heterocycles. The first-order valence-electron chi connectivity index (χ1n) is 7.90. The molecule has 5 rings (SSSR count). The summed E-state index contributed by atoms with van der Waals surface area (Å²) < 4.78 is 11.6. The highest BCUT2D eigenvalue weighted by molar-refractivity contribution is 5.87. The number of piperidine rings is 1. The number of hydrogen-bond donors (Lipinski definition) is 1. The van der Waals surface area contributed by atoms with E-state index in [0.717, 1.165) is 25.8 Å². The van der Waals surface area contributed by atoms with Gasteiger partial charge in [-0.25, -0.2) is 4.79 Å². The zero-order valence-electron chi connectivity index (χ0n) is 12.1. The Hall–Kier alpha value is -1.36. The Morgan fingerprint density at radius 2 is 2.24 bits per heavy atom. The largest absolute Gasteiger partial charge is 0.462 e. The van der Waals surface area contributed by atoms with Crippen molar-refractivity contribution in [2.75, 3.05) is 6.54 Å². The van der Waals surface area contributed by atoms with Crippen molar-refractivity contribution >= 4 is 11.9 Å². The molecule has 112 valence electrons. The molecule has 0 amide bonds. The predicted molar refractivity (Wildman–Crippen MR) is 72.1 cm³/mol. The third-order valence-electron chi connectivity index (χ3n) is 6.77. The van der Waals surface area contributed by atoms with E-state index in [2.05, 4.69) is 5.32 Å². The summed E-state index contributed by atoms with van der Waals surface area (Å²) in [5.74, 6) is -0.109. The molecule has 5 aliphatic rings. The Balaban J connectivity index is 1.77. The van der Waals surface area contributed by atoms with E-state index in [9.17, 15) is 9.59 Å². The Labute approximate surface area is 123 Å². The molecule has 0 radical (unpaired) electrons. The van der Waals surface area contributed by atoms with E-state index < -0.39 is 11.0 Å². The normalized spacial score (nSPS) is 56.5. The Kier molecular flexibility index (Phi) is 1.95. The Bertz CT molecular complexity index is 601. The second-order valence-corrected chi connectivity index (χ2v) is 7.52. The second-order valence-electron chi connectivity index (χ2n) is 7.52. The fraction of sp³-hybridized carbons (Fsp3) is 0.750. The van der Waals surface area contributed by atoms with Crippen molar-refractivity contribution in [2.45, 2.75) is 49.9 Å². The third kappa shape index (κ3) is 1.10. The van der Waals surface area contributed by atoms with Crippen molar-refractivity contribution in [1.29, 1.82) is 0 Å². The van der Waals surface area contributed by atoms with Crippen molar-refractivity contribution in [3.8, 4) is 0 Å². The van der Waals surface area contributed by atoms with Gasteiger partial charge in [-0.2, -0.15) is 0 Å². The summed E-state index contributed by atoms with van der Waals surface area (Å²) in [7, 11) is 0. The molecular weight excluding hydrogens is 270 g/mol. The molecule has 0 aromatic carbocycles. The molecule has 5 nitrogen and oxygen atoms in total. The van der Waals surface area contributed by atoms with Gasteiger partial charge in [-0.1, -0.05) is 0 Å². The van der Waals surface area contributed by atoms with Crippen molar-refractivity contribution in [3.05, 3.63) is 12.2 Å². The first kappa shape index (κ1) is 12.2. The van der Waals surface area contributed by atoms with Gasteiger partial charge >= 0.3 is 11.9 Å². The lowest BCUT2D eigenvalue weighted by atomic mass is 9.58. The van der Waals surface area contributed by atoms with Gasteiger partial charge in [-0.3, -0.25) is 4.79 Å². The van der Waals surface area contributed by atoms with Crippen LogP contribution in [0.2, 0.25) is 0 Å². The Morgan fingerprint density at radius 3 is 3.00 bits per heavy atom. The van der Waals surface area contributed by atoms with Crippen molar-refractivity contribution < 1.29 is 19.1 Å². The van der Waals surface area contributed by atoms with E-state index in [-0.39, 0.29) is 35.4 Å². The number of carbonyl (C=O) groups is 2. The number of rotatable bonds is 0. The van der Waals surface area contributed by atoms with E-state index in [1.807, 2.05) is 13.0 Å². The second kappa shape index (κ2) is 3.35. The summed E-state index contributed by atoms with van der Waals surface area (Å²) in [5, 5.41) is 3.67. The maximum absolute atomic E-state index is 12.6. The molecule has 3 aliphatic heterocycles. The molecule has 6 atom stereocenters. The van der Waals surface area contributed by atoms with Crippen LogP contribution in [0.25, 0.3) is 0 Å². The molecule has 21 heavy (non-hydrogen) atoms. The van der Waals surface area contributed by atoms with Crippen LogP contribution >= 0.6 is 0 Å². The van der Waals surface area contributed by atoms with E-state index in [0.29, 0.717) is 6.42 Å². The monoisotopic (exact) mass is 289 g/mol. The van der Waals surface area contributed by atoms with Gasteiger partial charge in [0.05, 0.1) is 11.0 Å². The summed E-state index contributed by atoms with van der Waals surface area (Å²) in [6.07, 6.45) is 7.09. The zero-order chi connectivity index (χ0) is 14.5. The molecule has 5 heteroatoms. The van der Waals surface area contributed by atoms with Gasteiger partial charge in [0.25, 0.3) is 0 Å². The van der Waals surface area contributed by atoms with Gasteiger partial charge in [-0.05, 0) is 45.2 Å². The van der Waals surface area contributed by atoms with Gasteiger partial charge in [0, 0.05) is 17.9 Å². The number of nitrogens with one attached hydrogen (secondary N) is 1. The van der Waals surface area contributed by atoms with Gasteiger partial charge < -0.3 is 14.8 Å². The molecule has 2 saturated carbocycles. The van der Waals surface area contributed by atoms with Crippen LogP contribution in [0.5, 0.6) is 0 Å². The lowest BCUT2D eigenvalue weighted by Gasteiger charge is -2.57. The SMILES string of the molecule is CC12CC34NCCCC3C(CC1C41C=CC(=O)O1)OC2=O. The lowest BCUT2D eigenvalue weighted by molar-refractivity contribution is -0.209. The number of ether oxygens (including phenoxy) is 2. The van der Waals surface area contributed by atoms with Crippen LogP contribution in [0.1, 0.15) is 32.6 Å². The van der Waals surface area contributed by atoms with Crippen LogP contribution in [-0.2, 0) is 19.1 Å². The number of fused-ring (bicyclic) bond motifs is 2. The van der Waals surface area contributed by atoms with Crippen LogP contribution in [0.15, 0.2) is 12.2 Å². The number of esters is 2. The van der Waals surface area contributed by atoms with Crippen LogP contribution < -0.4 is 5.32 Å². The van der Waals surface area contributed by atoms with Crippen LogP contribution in [-0.4, -0.2) is 35.7 Å². The minimum absolute atomic E-state index is 0.0239. The summed E-state index contributed by atoms with van der Waals surface area (Å²) in [5.41, 5.74) is -1.53. The van der Waals surface area contributed by atoms with Crippen LogP contribution in [0, 0.1) is 17.3 Å². The molecule has 2 aliphatic carbocycles. The minimum Gasteiger partial charge on any atom is -0.462 e. The van der Waals surface area contributed by atoms with Gasteiger partial charge in [0.1, 0.15) is 6.10 Å². The smallest absolute Gasteiger partial charge is 0.331 e. The summed E-state index contributed by atoms with van der Waals surface area (Å²) in [4.78, 5) is 24.4. The number of hydrogen-bond acceptors (Lipinski definition) is 5. The van der Waals surface area contributed by atoms with Crippen molar-refractivity contribution in [2.24, 2.45) is 17.3 Å². The molecule has 4 fully saturated rings. The maximum Gasteiger partial charge on any atom is 0.331 e. The fourth-order valence-electron chi connectivity index (χ4n) is 6.06. The quantitative estimate of drug-likeness (QED) is 0.672.